The van der Waals surface area contributed by atoms with Gasteiger partial charge in [-0.2, -0.15) is 0 Å². The molecule has 1 amide bonds. The summed E-state index contributed by atoms with van der Waals surface area (Å²) in [4.78, 5) is 28.9. The first-order valence-corrected chi connectivity index (χ1v) is 8.51. The second-order valence-electron chi connectivity index (χ2n) is 6.72. The Labute approximate surface area is 140 Å². The SMILES string of the molecule is O=C1CC(C(=O)NCc2ccc3ccccc3n2)C2(CCCC2)O1. The van der Waals surface area contributed by atoms with Crippen LogP contribution in [0.15, 0.2) is 36.4 Å². The van der Waals surface area contributed by atoms with E-state index in [0.29, 0.717) is 6.54 Å². The second-order valence-corrected chi connectivity index (χ2v) is 6.72. The molecule has 1 aromatic carbocycles. The number of pyridine rings is 1. The third kappa shape index (κ3) is 2.64. The van der Waals surface area contributed by atoms with Crippen LogP contribution in [-0.4, -0.2) is 22.5 Å². The van der Waals surface area contributed by atoms with E-state index in [1.807, 2.05) is 36.4 Å². The van der Waals surface area contributed by atoms with Crippen molar-refractivity contribution in [3.63, 3.8) is 0 Å². The summed E-state index contributed by atoms with van der Waals surface area (Å²) in [5.74, 6) is -0.716. The number of ether oxygens (including phenoxy) is 1. The first kappa shape index (κ1) is 15.1. The van der Waals surface area contributed by atoms with Gasteiger partial charge in [0.2, 0.25) is 5.91 Å². The summed E-state index contributed by atoms with van der Waals surface area (Å²) in [5.41, 5.74) is 1.17. The lowest BCUT2D eigenvalue weighted by Gasteiger charge is -2.27. The molecule has 2 aliphatic rings. The predicted octanol–water partition coefficient (Wildman–Crippen LogP) is 2.73. The third-order valence-corrected chi connectivity index (χ3v) is 5.19. The molecule has 1 saturated heterocycles. The average molecular weight is 324 g/mol. The van der Waals surface area contributed by atoms with Crippen LogP contribution in [0.1, 0.15) is 37.8 Å². The Morgan fingerprint density at radius 1 is 1.21 bits per heavy atom. The molecule has 1 aliphatic carbocycles. The Bertz CT molecular complexity index is 796. The lowest BCUT2D eigenvalue weighted by atomic mass is 9.85. The van der Waals surface area contributed by atoms with Crippen molar-refractivity contribution in [1.29, 1.82) is 0 Å². The van der Waals surface area contributed by atoms with E-state index in [-0.39, 0.29) is 24.2 Å². The van der Waals surface area contributed by atoms with Gasteiger partial charge in [0.15, 0.2) is 0 Å². The number of rotatable bonds is 3. The number of nitrogens with one attached hydrogen (secondary N) is 1. The molecule has 4 rings (SSSR count). The van der Waals surface area contributed by atoms with Gasteiger partial charge in [-0.3, -0.25) is 14.6 Å². The van der Waals surface area contributed by atoms with E-state index in [2.05, 4.69) is 10.3 Å². The maximum atomic E-state index is 12.6. The Morgan fingerprint density at radius 3 is 2.83 bits per heavy atom. The number of benzene rings is 1. The van der Waals surface area contributed by atoms with Crippen LogP contribution in [0.3, 0.4) is 0 Å². The number of nitrogens with zero attached hydrogens (tertiary/aromatic N) is 1. The Kier molecular flexibility index (Phi) is 3.71. The highest BCUT2D eigenvalue weighted by Crippen LogP contribution is 2.45. The number of hydrogen-bond acceptors (Lipinski definition) is 4. The number of para-hydroxylation sites is 1. The van der Waals surface area contributed by atoms with Gasteiger partial charge in [0.1, 0.15) is 5.60 Å². The quantitative estimate of drug-likeness (QED) is 0.882. The van der Waals surface area contributed by atoms with E-state index in [1.54, 1.807) is 0 Å². The van der Waals surface area contributed by atoms with Crippen LogP contribution >= 0.6 is 0 Å². The third-order valence-electron chi connectivity index (χ3n) is 5.19. The number of carbonyl (C=O) groups excluding carboxylic acids is 2. The Morgan fingerprint density at radius 2 is 2.00 bits per heavy atom. The van der Waals surface area contributed by atoms with Crippen LogP contribution in [0.4, 0.5) is 0 Å². The maximum Gasteiger partial charge on any atom is 0.307 e. The van der Waals surface area contributed by atoms with E-state index >= 15 is 0 Å². The zero-order chi connectivity index (χ0) is 16.6. The van der Waals surface area contributed by atoms with Gasteiger partial charge in [0.25, 0.3) is 0 Å². The average Bonchev–Trinajstić information content (AvgIpc) is 3.19. The van der Waals surface area contributed by atoms with Crippen molar-refractivity contribution in [2.24, 2.45) is 5.92 Å². The molecule has 2 fully saturated rings. The molecule has 5 heteroatoms. The van der Waals surface area contributed by atoms with E-state index in [0.717, 1.165) is 42.3 Å². The van der Waals surface area contributed by atoms with Crippen LogP contribution in [0.25, 0.3) is 10.9 Å². The van der Waals surface area contributed by atoms with Gasteiger partial charge in [-0.15, -0.1) is 0 Å². The van der Waals surface area contributed by atoms with Crippen molar-refractivity contribution in [1.82, 2.24) is 10.3 Å². The predicted molar refractivity (Wildman–Crippen MR) is 89.0 cm³/mol. The summed E-state index contributed by atoms with van der Waals surface area (Å²) in [6, 6.07) is 11.8. The second kappa shape index (κ2) is 5.89. The first-order chi connectivity index (χ1) is 11.7. The fourth-order valence-electron chi connectivity index (χ4n) is 3.96. The summed E-state index contributed by atoms with van der Waals surface area (Å²) in [5, 5.41) is 4.02. The summed E-state index contributed by atoms with van der Waals surface area (Å²) in [6.07, 6.45) is 3.82. The molecule has 2 heterocycles. The molecule has 1 spiro atoms. The van der Waals surface area contributed by atoms with Crippen LogP contribution in [-0.2, 0) is 20.9 Å². The molecule has 24 heavy (non-hydrogen) atoms. The molecule has 5 nitrogen and oxygen atoms in total. The summed E-state index contributed by atoms with van der Waals surface area (Å²) >= 11 is 0. The molecule has 1 saturated carbocycles. The van der Waals surface area contributed by atoms with Crippen LogP contribution in [0.5, 0.6) is 0 Å². The fourth-order valence-corrected chi connectivity index (χ4v) is 3.96. The summed E-state index contributed by atoms with van der Waals surface area (Å²) in [6.45, 7) is 0.366. The van der Waals surface area contributed by atoms with Gasteiger partial charge >= 0.3 is 5.97 Å². The number of carbonyl (C=O) groups is 2. The van der Waals surface area contributed by atoms with Gasteiger partial charge in [-0.05, 0) is 37.8 Å². The van der Waals surface area contributed by atoms with E-state index in [4.69, 9.17) is 4.74 Å². The lowest BCUT2D eigenvalue weighted by Crippen LogP contribution is -2.42. The van der Waals surface area contributed by atoms with E-state index in [9.17, 15) is 9.59 Å². The van der Waals surface area contributed by atoms with Gasteiger partial charge < -0.3 is 10.1 Å². The molecule has 1 aromatic heterocycles. The smallest absolute Gasteiger partial charge is 0.307 e. The highest BCUT2D eigenvalue weighted by molar-refractivity contribution is 5.88. The first-order valence-electron chi connectivity index (χ1n) is 8.51. The summed E-state index contributed by atoms with van der Waals surface area (Å²) in [7, 11) is 0. The molecule has 0 bridgehead atoms. The van der Waals surface area contributed by atoms with Crippen molar-refractivity contribution in [2.75, 3.05) is 0 Å². The van der Waals surface area contributed by atoms with Crippen LogP contribution < -0.4 is 5.32 Å². The molecule has 2 aromatic rings. The molecular weight excluding hydrogens is 304 g/mol. The maximum absolute atomic E-state index is 12.6. The van der Waals surface area contributed by atoms with E-state index in [1.165, 1.54) is 0 Å². The zero-order valence-electron chi connectivity index (χ0n) is 13.5. The van der Waals surface area contributed by atoms with Gasteiger partial charge in [0, 0.05) is 5.39 Å². The minimum absolute atomic E-state index is 0.0993. The number of hydrogen-bond donors (Lipinski definition) is 1. The number of esters is 1. The minimum Gasteiger partial charge on any atom is -0.458 e. The Hall–Kier alpha value is -2.43. The largest absolute Gasteiger partial charge is 0.458 e. The monoisotopic (exact) mass is 324 g/mol. The summed E-state index contributed by atoms with van der Waals surface area (Å²) < 4.78 is 5.54. The molecule has 1 atom stereocenters. The molecular formula is C19H20N2O3. The topological polar surface area (TPSA) is 68.3 Å². The van der Waals surface area contributed by atoms with Gasteiger partial charge in [0.05, 0.1) is 30.1 Å². The standard InChI is InChI=1S/C19H20N2O3/c22-17-11-15(19(24-17)9-3-4-10-19)18(23)20-12-14-8-7-13-5-1-2-6-16(13)21-14/h1-2,5-8,15H,3-4,9-12H2,(H,20,23). The molecule has 1 N–H and O–H groups in total. The lowest BCUT2D eigenvalue weighted by molar-refractivity contribution is -0.149. The normalized spacial score (nSPS) is 22.0. The van der Waals surface area contributed by atoms with Crippen molar-refractivity contribution in [3.05, 3.63) is 42.1 Å². The van der Waals surface area contributed by atoms with Gasteiger partial charge in [-0.25, -0.2) is 0 Å². The number of aromatic nitrogens is 1. The number of fused-ring (bicyclic) bond motifs is 1. The van der Waals surface area contributed by atoms with Crippen LogP contribution in [0, 0.1) is 5.92 Å². The van der Waals surface area contributed by atoms with Gasteiger partial charge in [-0.1, -0.05) is 24.3 Å². The molecule has 0 radical (unpaired) electrons. The zero-order valence-corrected chi connectivity index (χ0v) is 13.5. The van der Waals surface area contributed by atoms with Crippen molar-refractivity contribution in [2.45, 2.75) is 44.2 Å². The number of amides is 1. The van der Waals surface area contributed by atoms with Crippen LogP contribution in [0.2, 0.25) is 0 Å². The van der Waals surface area contributed by atoms with Crippen molar-refractivity contribution in [3.8, 4) is 0 Å². The Balaban J connectivity index is 1.46. The highest BCUT2D eigenvalue weighted by Gasteiger charge is 2.53. The fraction of sp³-hybridized carbons (Fsp3) is 0.421. The minimum atomic E-state index is -0.558. The van der Waals surface area contributed by atoms with Crippen molar-refractivity contribution >= 4 is 22.8 Å². The highest BCUT2D eigenvalue weighted by atomic mass is 16.6. The van der Waals surface area contributed by atoms with Crippen molar-refractivity contribution < 1.29 is 14.3 Å². The molecule has 124 valence electrons. The molecule has 1 aliphatic heterocycles. The molecule has 1 unspecified atom stereocenters. The van der Waals surface area contributed by atoms with E-state index < -0.39 is 5.60 Å².